The first-order valence-electron chi connectivity index (χ1n) is 6.36. The number of carbonyl (C=O) groups excluding carboxylic acids is 1. The number of likely N-dealkylation sites (N-methyl/N-ethyl adjacent to an activating group) is 1. The lowest BCUT2D eigenvalue weighted by Gasteiger charge is -2.19. The van der Waals surface area contributed by atoms with Gasteiger partial charge in [0.15, 0.2) is 0 Å². The molecule has 110 valence electrons. The first-order chi connectivity index (χ1) is 9.35. The van der Waals surface area contributed by atoms with E-state index in [4.69, 9.17) is 0 Å². The number of benzene rings is 1. The lowest BCUT2D eigenvalue weighted by atomic mass is 10.2. The highest BCUT2D eigenvalue weighted by Crippen LogP contribution is 2.24. The van der Waals surface area contributed by atoms with Crippen molar-refractivity contribution in [3.63, 3.8) is 0 Å². The predicted molar refractivity (Wildman–Crippen MR) is 79.0 cm³/mol. The number of amides is 1. The van der Waals surface area contributed by atoms with Crippen molar-refractivity contribution in [2.24, 2.45) is 0 Å². The summed E-state index contributed by atoms with van der Waals surface area (Å²) in [5.74, 6) is -0.0958. The highest BCUT2D eigenvalue weighted by molar-refractivity contribution is 5.84. The normalized spacial score (nSPS) is 11.6. The number of hydrogen-bond donors (Lipinski definition) is 2. The molecule has 0 spiro atoms. The molecule has 2 N–H and O–H groups in total. The molecule has 0 saturated heterocycles. The number of hydrogen-bond acceptors (Lipinski definition) is 5. The minimum Gasteiger partial charge on any atom is -0.385 e. The van der Waals surface area contributed by atoms with Gasteiger partial charge < -0.3 is 15.5 Å². The first-order valence-corrected chi connectivity index (χ1v) is 6.36. The van der Waals surface area contributed by atoms with E-state index in [9.17, 15) is 14.9 Å². The van der Waals surface area contributed by atoms with E-state index in [2.05, 4.69) is 10.6 Å². The number of non-ortho nitro benzene ring substituents is 1. The van der Waals surface area contributed by atoms with Crippen LogP contribution in [0, 0.1) is 10.1 Å². The van der Waals surface area contributed by atoms with E-state index in [1.54, 1.807) is 27.1 Å². The molecule has 0 fully saturated rings. The second kappa shape index (κ2) is 6.74. The van der Waals surface area contributed by atoms with Crippen LogP contribution in [-0.2, 0) is 4.79 Å². The summed E-state index contributed by atoms with van der Waals surface area (Å²) >= 11 is 0. The van der Waals surface area contributed by atoms with E-state index >= 15 is 0 Å². The van der Waals surface area contributed by atoms with Crippen molar-refractivity contribution >= 4 is 23.0 Å². The summed E-state index contributed by atoms with van der Waals surface area (Å²) in [6.07, 6.45) is 0. The molecule has 0 heterocycles. The van der Waals surface area contributed by atoms with Crippen molar-refractivity contribution in [3.8, 4) is 0 Å². The van der Waals surface area contributed by atoms with Crippen molar-refractivity contribution in [2.75, 3.05) is 31.3 Å². The van der Waals surface area contributed by atoms with Gasteiger partial charge in [-0.3, -0.25) is 14.9 Å². The topological polar surface area (TPSA) is 87.5 Å². The molecule has 7 heteroatoms. The maximum atomic E-state index is 11.8. The SMILES string of the molecule is CCNc1cc(NC(C)C(=O)N(C)C)cc([N+](=O)[O-])c1. The fourth-order valence-electron chi connectivity index (χ4n) is 1.81. The Labute approximate surface area is 118 Å². The quantitative estimate of drug-likeness (QED) is 0.614. The maximum absolute atomic E-state index is 11.8. The van der Waals surface area contributed by atoms with E-state index < -0.39 is 11.0 Å². The minimum atomic E-state index is -0.457. The molecule has 0 aliphatic rings. The first kappa shape index (κ1) is 15.7. The van der Waals surface area contributed by atoms with Crippen LogP contribution in [0.3, 0.4) is 0 Å². The molecule has 1 rings (SSSR count). The second-order valence-electron chi connectivity index (χ2n) is 4.65. The lowest BCUT2D eigenvalue weighted by molar-refractivity contribution is -0.384. The zero-order chi connectivity index (χ0) is 15.3. The van der Waals surface area contributed by atoms with Crippen molar-refractivity contribution in [3.05, 3.63) is 28.3 Å². The summed E-state index contributed by atoms with van der Waals surface area (Å²) in [6, 6.07) is 4.17. The van der Waals surface area contributed by atoms with Gasteiger partial charge in [-0.2, -0.15) is 0 Å². The Kier molecular flexibility index (Phi) is 5.31. The summed E-state index contributed by atoms with van der Waals surface area (Å²) in [4.78, 5) is 23.7. The van der Waals surface area contributed by atoms with Crippen LogP contribution in [0.4, 0.5) is 17.1 Å². The van der Waals surface area contributed by atoms with Crippen molar-refractivity contribution in [1.82, 2.24) is 4.90 Å². The fourth-order valence-corrected chi connectivity index (χ4v) is 1.81. The largest absolute Gasteiger partial charge is 0.385 e. The van der Waals surface area contributed by atoms with Crippen LogP contribution in [0.15, 0.2) is 18.2 Å². The van der Waals surface area contributed by atoms with Gasteiger partial charge in [-0.1, -0.05) is 0 Å². The zero-order valence-electron chi connectivity index (χ0n) is 12.1. The smallest absolute Gasteiger partial charge is 0.273 e. The molecule has 7 nitrogen and oxygen atoms in total. The standard InChI is InChI=1S/C13H20N4O3/c1-5-14-10-6-11(8-12(7-10)17(19)20)15-9(2)13(18)16(3)4/h6-9,14-15H,5H2,1-4H3. The number of nitrogens with one attached hydrogen (secondary N) is 2. The summed E-state index contributed by atoms with van der Waals surface area (Å²) < 4.78 is 0. The Hall–Kier alpha value is -2.31. The van der Waals surface area contributed by atoms with Crippen molar-refractivity contribution in [2.45, 2.75) is 19.9 Å². The van der Waals surface area contributed by atoms with E-state index in [1.165, 1.54) is 17.0 Å². The van der Waals surface area contributed by atoms with Crippen LogP contribution in [0.5, 0.6) is 0 Å². The van der Waals surface area contributed by atoms with Gasteiger partial charge in [-0.25, -0.2) is 0 Å². The molecule has 0 aliphatic heterocycles. The highest BCUT2D eigenvalue weighted by Gasteiger charge is 2.16. The Morgan fingerprint density at radius 3 is 2.45 bits per heavy atom. The van der Waals surface area contributed by atoms with Gasteiger partial charge in [0.25, 0.3) is 5.69 Å². The lowest BCUT2D eigenvalue weighted by Crippen LogP contribution is -2.36. The van der Waals surface area contributed by atoms with Gasteiger partial charge >= 0.3 is 0 Å². The highest BCUT2D eigenvalue weighted by atomic mass is 16.6. The molecule has 0 aliphatic carbocycles. The third kappa shape index (κ3) is 4.11. The number of nitrogens with zero attached hydrogens (tertiary/aromatic N) is 2. The summed E-state index contributed by atoms with van der Waals surface area (Å²) in [5.41, 5.74) is 1.17. The van der Waals surface area contributed by atoms with E-state index in [1.807, 2.05) is 6.92 Å². The Morgan fingerprint density at radius 2 is 1.95 bits per heavy atom. The van der Waals surface area contributed by atoms with Crippen LogP contribution >= 0.6 is 0 Å². The number of nitro groups is 1. The molecule has 0 saturated carbocycles. The molecule has 1 atom stereocenters. The third-order valence-electron chi connectivity index (χ3n) is 2.70. The molecular formula is C13H20N4O3. The predicted octanol–water partition coefficient (Wildman–Crippen LogP) is 1.92. The Morgan fingerprint density at radius 1 is 1.35 bits per heavy atom. The number of nitro benzene ring substituents is 1. The Bertz CT molecular complexity index is 502. The molecule has 1 unspecified atom stereocenters. The van der Waals surface area contributed by atoms with E-state index in [0.29, 0.717) is 17.9 Å². The number of rotatable bonds is 6. The minimum absolute atomic E-state index is 0.0181. The average Bonchev–Trinajstić information content (AvgIpc) is 2.37. The molecule has 1 aromatic carbocycles. The van der Waals surface area contributed by atoms with Crippen molar-refractivity contribution in [1.29, 1.82) is 0 Å². The molecule has 0 radical (unpaired) electrons. The molecule has 0 bridgehead atoms. The van der Waals surface area contributed by atoms with Crippen LogP contribution < -0.4 is 10.6 Å². The van der Waals surface area contributed by atoms with Crippen molar-refractivity contribution < 1.29 is 9.72 Å². The van der Waals surface area contributed by atoms with Crippen LogP contribution in [0.1, 0.15) is 13.8 Å². The summed E-state index contributed by atoms with van der Waals surface area (Å²) in [7, 11) is 3.33. The van der Waals surface area contributed by atoms with E-state index in [-0.39, 0.29) is 11.6 Å². The molecule has 20 heavy (non-hydrogen) atoms. The number of carbonyl (C=O) groups is 1. The van der Waals surface area contributed by atoms with Gasteiger partial charge in [0.05, 0.1) is 4.92 Å². The van der Waals surface area contributed by atoms with Crippen LogP contribution in [-0.4, -0.2) is 42.4 Å². The third-order valence-corrected chi connectivity index (χ3v) is 2.70. The molecule has 1 amide bonds. The number of anilines is 2. The van der Waals surface area contributed by atoms with Gasteiger partial charge in [-0.05, 0) is 19.9 Å². The van der Waals surface area contributed by atoms with Gasteiger partial charge in [0.1, 0.15) is 6.04 Å². The fraction of sp³-hybridized carbons (Fsp3) is 0.462. The average molecular weight is 280 g/mol. The zero-order valence-corrected chi connectivity index (χ0v) is 12.1. The summed E-state index contributed by atoms with van der Waals surface area (Å²) in [5, 5.41) is 16.9. The summed E-state index contributed by atoms with van der Waals surface area (Å²) in [6.45, 7) is 4.28. The molecule has 0 aromatic heterocycles. The second-order valence-corrected chi connectivity index (χ2v) is 4.65. The van der Waals surface area contributed by atoms with Gasteiger partial charge in [0, 0.05) is 44.1 Å². The van der Waals surface area contributed by atoms with Gasteiger partial charge in [0.2, 0.25) is 5.91 Å². The molecule has 1 aromatic rings. The monoisotopic (exact) mass is 280 g/mol. The van der Waals surface area contributed by atoms with Crippen LogP contribution in [0.2, 0.25) is 0 Å². The van der Waals surface area contributed by atoms with E-state index in [0.717, 1.165) is 0 Å². The Balaban J connectivity index is 2.99. The maximum Gasteiger partial charge on any atom is 0.273 e. The van der Waals surface area contributed by atoms with Gasteiger partial charge in [-0.15, -0.1) is 0 Å². The molecular weight excluding hydrogens is 260 g/mol. The van der Waals surface area contributed by atoms with Crippen LogP contribution in [0.25, 0.3) is 0 Å².